The van der Waals surface area contributed by atoms with Crippen molar-refractivity contribution in [3.8, 4) is 5.75 Å². The highest BCUT2D eigenvalue weighted by molar-refractivity contribution is 5.99. The standard InChI is InChI=1S/C17H19NO4/c1-18-15(19)14(16(20)21)13-10-6-2-3-8-12(10)22-17(18)9-5-4-7-11(13)17/h2-3,6,8,11,13-14H,4-5,7,9H2,1H3,(H,20,21)/t11-,13+,14-,17-/m1/s1. The van der Waals surface area contributed by atoms with Crippen molar-refractivity contribution in [2.24, 2.45) is 11.8 Å². The van der Waals surface area contributed by atoms with Crippen molar-refractivity contribution in [3.63, 3.8) is 0 Å². The summed E-state index contributed by atoms with van der Waals surface area (Å²) in [7, 11) is 1.70. The van der Waals surface area contributed by atoms with Gasteiger partial charge in [0.15, 0.2) is 5.72 Å². The number of para-hydroxylation sites is 1. The molecular formula is C17H19NO4. The monoisotopic (exact) mass is 301 g/mol. The molecule has 2 fully saturated rings. The third-order valence-electron chi connectivity index (χ3n) is 5.67. The van der Waals surface area contributed by atoms with Gasteiger partial charge in [-0.15, -0.1) is 0 Å². The minimum Gasteiger partial charge on any atom is -0.481 e. The Morgan fingerprint density at radius 1 is 1.36 bits per heavy atom. The van der Waals surface area contributed by atoms with Gasteiger partial charge >= 0.3 is 5.97 Å². The second-order valence-corrected chi connectivity index (χ2v) is 6.58. The number of aliphatic carboxylic acids is 1. The van der Waals surface area contributed by atoms with Gasteiger partial charge < -0.3 is 14.7 Å². The number of hydrogen-bond acceptors (Lipinski definition) is 3. The second kappa shape index (κ2) is 4.48. The zero-order valence-corrected chi connectivity index (χ0v) is 12.5. The van der Waals surface area contributed by atoms with E-state index >= 15 is 0 Å². The number of carboxylic acids is 1. The maximum Gasteiger partial charge on any atom is 0.316 e. The van der Waals surface area contributed by atoms with Crippen LogP contribution in [-0.4, -0.2) is 34.7 Å². The van der Waals surface area contributed by atoms with E-state index in [1.165, 1.54) is 0 Å². The van der Waals surface area contributed by atoms with E-state index in [1.54, 1.807) is 11.9 Å². The number of carbonyl (C=O) groups excluding carboxylic acids is 1. The summed E-state index contributed by atoms with van der Waals surface area (Å²) in [6.45, 7) is 0. The molecule has 1 aromatic rings. The van der Waals surface area contributed by atoms with Crippen LogP contribution < -0.4 is 4.74 Å². The van der Waals surface area contributed by atoms with E-state index < -0.39 is 17.6 Å². The van der Waals surface area contributed by atoms with Crippen LogP contribution in [0.5, 0.6) is 5.75 Å². The number of likely N-dealkylation sites (tertiary alicyclic amines) is 1. The van der Waals surface area contributed by atoms with Crippen LogP contribution in [0.1, 0.15) is 37.2 Å². The highest BCUT2D eigenvalue weighted by Crippen LogP contribution is 2.58. The normalized spacial score (nSPS) is 36.1. The van der Waals surface area contributed by atoms with Crippen molar-refractivity contribution >= 4 is 11.9 Å². The molecule has 2 heterocycles. The van der Waals surface area contributed by atoms with Crippen molar-refractivity contribution in [3.05, 3.63) is 29.8 Å². The molecule has 0 unspecified atom stereocenters. The van der Waals surface area contributed by atoms with E-state index in [1.807, 2.05) is 24.3 Å². The molecule has 4 rings (SSSR count). The second-order valence-electron chi connectivity index (χ2n) is 6.58. The van der Waals surface area contributed by atoms with Gasteiger partial charge in [-0.25, -0.2) is 0 Å². The summed E-state index contributed by atoms with van der Waals surface area (Å²) in [6.07, 6.45) is 3.74. The minimum absolute atomic E-state index is 0.0555. The van der Waals surface area contributed by atoms with E-state index in [2.05, 4.69) is 0 Å². The summed E-state index contributed by atoms with van der Waals surface area (Å²) in [5.41, 5.74) is 0.208. The van der Waals surface area contributed by atoms with Crippen LogP contribution in [0.4, 0.5) is 0 Å². The summed E-state index contributed by atoms with van der Waals surface area (Å²) < 4.78 is 6.32. The van der Waals surface area contributed by atoms with Gasteiger partial charge in [0.05, 0.1) is 0 Å². The van der Waals surface area contributed by atoms with E-state index in [9.17, 15) is 14.7 Å². The maximum absolute atomic E-state index is 12.7. The molecule has 1 amide bonds. The molecule has 1 saturated carbocycles. The predicted octanol–water partition coefficient (Wildman–Crippen LogP) is 2.22. The Morgan fingerprint density at radius 3 is 2.91 bits per heavy atom. The van der Waals surface area contributed by atoms with Crippen LogP contribution in [0.15, 0.2) is 24.3 Å². The molecule has 1 N–H and O–H groups in total. The molecule has 3 aliphatic rings. The lowest BCUT2D eigenvalue weighted by molar-refractivity contribution is -0.204. The lowest BCUT2D eigenvalue weighted by atomic mass is 9.61. The largest absolute Gasteiger partial charge is 0.481 e. The molecule has 0 aromatic heterocycles. The molecule has 116 valence electrons. The number of amides is 1. The smallest absolute Gasteiger partial charge is 0.316 e. The van der Waals surface area contributed by atoms with Gasteiger partial charge in [-0.1, -0.05) is 24.6 Å². The Hall–Kier alpha value is -2.04. The van der Waals surface area contributed by atoms with Crippen molar-refractivity contribution in [1.29, 1.82) is 0 Å². The number of piperidine rings is 1. The Labute approximate surface area is 128 Å². The van der Waals surface area contributed by atoms with Crippen molar-refractivity contribution in [2.75, 3.05) is 7.05 Å². The summed E-state index contributed by atoms with van der Waals surface area (Å²) >= 11 is 0. The van der Waals surface area contributed by atoms with Gasteiger partial charge in [0.2, 0.25) is 5.91 Å². The fourth-order valence-electron chi connectivity index (χ4n) is 4.70. The van der Waals surface area contributed by atoms with E-state index in [4.69, 9.17) is 4.74 Å². The molecule has 1 aliphatic carbocycles. The predicted molar refractivity (Wildman–Crippen MR) is 78.4 cm³/mol. The number of fused-ring (bicyclic) bond motifs is 2. The van der Waals surface area contributed by atoms with Gasteiger partial charge in [0.25, 0.3) is 0 Å². The molecular weight excluding hydrogens is 282 g/mol. The quantitative estimate of drug-likeness (QED) is 0.808. The minimum atomic E-state index is -1.03. The van der Waals surface area contributed by atoms with Crippen molar-refractivity contribution in [2.45, 2.75) is 37.3 Å². The number of benzene rings is 1. The number of hydrogen-bond donors (Lipinski definition) is 1. The number of carboxylic acid groups (broad SMARTS) is 1. The first kappa shape index (κ1) is 13.6. The molecule has 2 bridgehead atoms. The lowest BCUT2D eigenvalue weighted by Crippen LogP contribution is -2.69. The average molecular weight is 301 g/mol. The van der Waals surface area contributed by atoms with Crippen LogP contribution in [0.25, 0.3) is 0 Å². The molecule has 5 nitrogen and oxygen atoms in total. The summed E-state index contributed by atoms with van der Waals surface area (Å²) in [5.74, 6) is -1.86. The lowest BCUT2D eigenvalue weighted by Gasteiger charge is -2.59. The molecule has 4 atom stereocenters. The Kier molecular flexibility index (Phi) is 2.77. The van der Waals surface area contributed by atoms with Gasteiger partial charge in [0, 0.05) is 25.3 Å². The van der Waals surface area contributed by atoms with E-state index in [0.717, 1.165) is 37.0 Å². The van der Waals surface area contributed by atoms with Gasteiger partial charge in [-0.3, -0.25) is 9.59 Å². The van der Waals surface area contributed by atoms with Crippen LogP contribution in [0.2, 0.25) is 0 Å². The van der Waals surface area contributed by atoms with Crippen LogP contribution in [0.3, 0.4) is 0 Å². The number of ether oxygens (including phenoxy) is 1. The van der Waals surface area contributed by atoms with Gasteiger partial charge in [-0.05, 0) is 24.5 Å². The molecule has 22 heavy (non-hydrogen) atoms. The van der Waals surface area contributed by atoms with Gasteiger partial charge in [-0.2, -0.15) is 0 Å². The molecule has 1 saturated heterocycles. The third kappa shape index (κ3) is 1.54. The van der Waals surface area contributed by atoms with Crippen molar-refractivity contribution in [1.82, 2.24) is 4.90 Å². The highest BCUT2D eigenvalue weighted by atomic mass is 16.5. The Balaban J connectivity index is 1.96. The van der Waals surface area contributed by atoms with Crippen molar-refractivity contribution < 1.29 is 19.4 Å². The summed E-state index contributed by atoms with van der Waals surface area (Å²) in [6, 6.07) is 7.58. The molecule has 1 aromatic carbocycles. The van der Waals surface area contributed by atoms with Crippen LogP contribution >= 0.6 is 0 Å². The van der Waals surface area contributed by atoms with Crippen LogP contribution in [0, 0.1) is 11.8 Å². The zero-order chi connectivity index (χ0) is 15.5. The number of carbonyl (C=O) groups is 2. The average Bonchev–Trinajstić information content (AvgIpc) is 2.52. The number of nitrogens with zero attached hydrogens (tertiary/aromatic N) is 1. The third-order valence-corrected chi connectivity index (χ3v) is 5.67. The Morgan fingerprint density at radius 2 is 2.14 bits per heavy atom. The first-order valence-electron chi connectivity index (χ1n) is 7.85. The zero-order valence-electron chi connectivity index (χ0n) is 12.5. The number of rotatable bonds is 1. The first-order valence-corrected chi connectivity index (χ1v) is 7.85. The summed E-state index contributed by atoms with van der Waals surface area (Å²) in [5, 5.41) is 9.66. The summed E-state index contributed by atoms with van der Waals surface area (Å²) in [4.78, 5) is 26.1. The van der Waals surface area contributed by atoms with Crippen LogP contribution in [-0.2, 0) is 9.59 Å². The maximum atomic E-state index is 12.7. The van der Waals surface area contributed by atoms with E-state index in [-0.39, 0.29) is 17.7 Å². The molecule has 5 heteroatoms. The molecule has 0 radical (unpaired) electrons. The fourth-order valence-corrected chi connectivity index (χ4v) is 4.70. The molecule has 0 spiro atoms. The highest BCUT2D eigenvalue weighted by Gasteiger charge is 2.63. The van der Waals surface area contributed by atoms with E-state index in [0.29, 0.717) is 0 Å². The molecule has 2 aliphatic heterocycles. The SMILES string of the molecule is CN1C(=O)[C@H](C(=O)O)[C@H]2c3ccccc3O[C@@]13CCCC[C@H]23. The fraction of sp³-hybridized carbons (Fsp3) is 0.529. The first-order chi connectivity index (χ1) is 10.6. The topological polar surface area (TPSA) is 66.8 Å². The Bertz CT molecular complexity index is 658. The van der Waals surface area contributed by atoms with Gasteiger partial charge in [0.1, 0.15) is 11.7 Å².